The van der Waals surface area contributed by atoms with E-state index in [0.29, 0.717) is 11.1 Å². The molecule has 0 fully saturated rings. The van der Waals surface area contributed by atoms with E-state index in [1.807, 2.05) is 6.07 Å². The van der Waals surface area contributed by atoms with Crippen molar-refractivity contribution in [2.45, 2.75) is 6.18 Å². The summed E-state index contributed by atoms with van der Waals surface area (Å²) < 4.78 is 39.3. The van der Waals surface area contributed by atoms with Gasteiger partial charge < -0.3 is 4.98 Å². The molecule has 0 amide bonds. The first-order valence-electron chi connectivity index (χ1n) is 6.16. The Kier molecular flexibility index (Phi) is 3.18. The van der Waals surface area contributed by atoms with E-state index in [-0.39, 0.29) is 17.0 Å². The minimum absolute atomic E-state index is 0.0133. The van der Waals surface area contributed by atoms with Crippen molar-refractivity contribution in [2.24, 2.45) is 0 Å². The second-order valence-corrected chi connectivity index (χ2v) is 4.54. The summed E-state index contributed by atoms with van der Waals surface area (Å²) in [5.41, 5.74) is 0.446. The van der Waals surface area contributed by atoms with Gasteiger partial charge in [-0.3, -0.25) is 0 Å². The number of nitrogens with zero attached hydrogens (tertiary/aromatic N) is 3. The van der Waals surface area contributed by atoms with Crippen LogP contribution < -0.4 is 0 Å². The van der Waals surface area contributed by atoms with Crippen LogP contribution in [0.4, 0.5) is 13.2 Å². The molecule has 0 aliphatic carbocycles. The number of alkyl halides is 3. The van der Waals surface area contributed by atoms with Crippen LogP contribution in [0.2, 0.25) is 0 Å². The summed E-state index contributed by atoms with van der Waals surface area (Å²) in [4.78, 5) is 2.80. The van der Waals surface area contributed by atoms with Gasteiger partial charge in [0.2, 0.25) is 0 Å². The molecule has 110 valence electrons. The number of aromatic amines is 2. The van der Waals surface area contributed by atoms with Crippen LogP contribution in [-0.2, 0) is 6.18 Å². The average Bonchev–Trinajstić information content (AvgIpc) is 3.17. The smallest absolute Gasteiger partial charge is 0.367 e. The summed E-state index contributed by atoms with van der Waals surface area (Å²) >= 11 is 0. The summed E-state index contributed by atoms with van der Waals surface area (Å²) in [6, 6.07) is 7.02. The zero-order chi connectivity index (χ0) is 15.7. The highest BCUT2D eigenvalue weighted by atomic mass is 19.4. The molecule has 5 nitrogen and oxygen atoms in total. The van der Waals surface area contributed by atoms with Crippen molar-refractivity contribution in [3.8, 4) is 28.5 Å². The third-order valence-corrected chi connectivity index (χ3v) is 3.13. The first-order chi connectivity index (χ1) is 10.5. The van der Waals surface area contributed by atoms with E-state index in [1.165, 1.54) is 6.07 Å². The van der Waals surface area contributed by atoms with Gasteiger partial charge in [0.1, 0.15) is 11.8 Å². The first-order valence-corrected chi connectivity index (χ1v) is 6.16. The van der Waals surface area contributed by atoms with Gasteiger partial charge in [-0.25, -0.2) is 5.10 Å². The summed E-state index contributed by atoms with van der Waals surface area (Å²) in [5, 5.41) is 18.5. The van der Waals surface area contributed by atoms with Gasteiger partial charge in [-0.2, -0.15) is 18.4 Å². The van der Waals surface area contributed by atoms with Gasteiger partial charge in [0.15, 0.2) is 5.69 Å². The summed E-state index contributed by atoms with van der Waals surface area (Å²) in [5.74, 6) is 0. The molecule has 0 unspecified atom stereocenters. The van der Waals surface area contributed by atoms with E-state index < -0.39 is 11.7 Å². The Morgan fingerprint density at radius 2 is 1.86 bits per heavy atom. The molecular weight excluding hydrogens is 295 g/mol. The fraction of sp³-hybridized carbons (Fsp3) is 0.0714. The molecule has 0 bridgehead atoms. The molecular formula is C14H8F3N5. The van der Waals surface area contributed by atoms with E-state index in [1.54, 1.807) is 18.5 Å². The highest BCUT2D eigenvalue weighted by molar-refractivity contribution is 5.74. The molecule has 8 heteroatoms. The Morgan fingerprint density at radius 3 is 2.50 bits per heavy atom. The van der Waals surface area contributed by atoms with Crippen molar-refractivity contribution in [3.63, 3.8) is 0 Å². The highest BCUT2D eigenvalue weighted by Gasteiger charge is 2.32. The lowest BCUT2D eigenvalue weighted by Gasteiger charge is -2.11. The second kappa shape index (κ2) is 5.04. The Bertz CT molecular complexity index is 840. The maximum atomic E-state index is 13.1. The standard InChI is InChI=1S/C14H8F3N5/c15-14(16,17)11-4-9(8-1-2-19-7-8)3-10(5-11)13-12(6-18)20-22-21-13/h1-5,7,19H,(H,20,21,22). The zero-order valence-electron chi connectivity index (χ0n) is 10.9. The van der Waals surface area contributed by atoms with Crippen molar-refractivity contribution < 1.29 is 13.2 Å². The molecule has 0 radical (unpaired) electrons. The summed E-state index contributed by atoms with van der Waals surface area (Å²) in [6.07, 6.45) is -1.29. The topological polar surface area (TPSA) is 81.2 Å². The number of H-pyrrole nitrogens is 2. The fourth-order valence-electron chi connectivity index (χ4n) is 2.11. The van der Waals surface area contributed by atoms with E-state index in [0.717, 1.165) is 12.1 Å². The van der Waals surface area contributed by atoms with Crippen molar-refractivity contribution >= 4 is 0 Å². The molecule has 0 aliphatic rings. The molecule has 0 saturated carbocycles. The van der Waals surface area contributed by atoms with Gasteiger partial charge in [-0.1, -0.05) is 5.21 Å². The lowest BCUT2D eigenvalue weighted by Crippen LogP contribution is -2.05. The van der Waals surface area contributed by atoms with E-state index in [9.17, 15) is 13.2 Å². The molecule has 0 spiro atoms. The molecule has 0 atom stereocenters. The lowest BCUT2D eigenvalue weighted by atomic mass is 9.99. The predicted molar refractivity (Wildman–Crippen MR) is 71.3 cm³/mol. The number of hydrogen-bond donors (Lipinski definition) is 2. The molecule has 3 aromatic rings. The molecule has 2 N–H and O–H groups in total. The summed E-state index contributed by atoms with van der Waals surface area (Å²) in [6.45, 7) is 0. The van der Waals surface area contributed by atoms with Gasteiger partial charge in [0.25, 0.3) is 0 Å². The third kappa shape index (κ3) is 2.44. The van der Waals surface area contributed by atoms with E-state index in [4.69, 9.17) is 5.26 Å². The van der Waals surface area contributed by atoms with Crippen LogP contribution >= 0.6 is 0 Å². The van der Waals surface area contributed by atoms with Crippen molar-refractivity contribution in [1.82, 2.24) is 20.4 Å². The minimum Gasteiger partial charge on any atom is -0.367 e. The highest BCUT2D eigenvalue weighted by Crippen LogP contribution is 2.36. The number of aromatic nitrogens is 4. The summed E-state index contributed by atoms with van der Waals surface area (Å²) in [7, 11) is 0. The third-order valence-electron chi connectivity index (χ3n) is 3.13. The number of benzene rings is 1. The molecule has 1 aromatic carbocycles. The number of nitriles is 1. The van der Waals surface area contributed by atoms with Crippen molar-refractivity contribution in [1.29, 1.82) is 5.26 Å². The molecule has 0 saturated heterocycles. The van der Waals surface area contributed by atoms with E-state index in [2.05, 4.69) is 20.4 Å². The molecule has 0 aliphatic heterocycles. The van der Waals surface area contributed by atoms with Gasteiger partial charge >= 0.3 is 6.18 Å². The first kappa shape index (κ1) is 13.9. The number of hydrogen-bond acceptors (Lipinski definition) is 3. The second-order valence-electron chi connectivity index (χ2n) is 4.54. The molecule has 22 heavy (non-hydrogen) atoms. The van der Waals surface area contributed by atoms with Gasteiger partial charge in [-0.15, -0.1) is 5.10 Å². The van der Waals surface area contributed by atoms with Crippen molar-refractivity contribution in [3.05, 3.63) is 47.9 Å². The van der Waals surface area contributed by atoms with Crippen LogP contribution in [0.15, 0.2) is 36.7 Å². The number of nitrogens with one attached hydrogen (secondary N) is 2. The van der Waals surface area contributed by atoms with Crippen LogP contribution in [0.25, 0.3) is 22.4 Å². The minimum atomic E-state index is -4.50. The van der Waals surface area contributed by atoms with E-state index >= 15 is 0 Å². The van der Waals surface area contributed by atoms with Crippen LogP contribution in [0.1, 0.15) is 11.3 Å². The SMILES string of the molecule is N#Cc1[nH]nnc1-c1cc(-c2cc[nH]c2)cc(C(F)(F)F)c1. The normalized spacial score (nSPS) is 11.4. The molecule has 2 heterocycles. The Morgan fingerprint density at radius 1 is 1.09 bits per heavy atom. The van der Waals surface area contributed by atoms with Crippen LogP contribution in [0.5, 0.6) is 0 Å². The Labute approximate surface area is 122 Å². The Balaban J connectivity index is 2.23. The molecule has 3 rings (SSSR count). The average molecular weight is 303 g/mol. The van der Waals surface area contributed by atoms with Gasteiger partial charge in [0.05, 0.1) is 5.56 Å². The van der Waals surface area contributed by atoms with Crippen LogP contribution in [0, 0.1) is 11.3 Å². The van der Waals surface area contributed by atoms with Crippen LogP contribution in [0.3, 0.4) is 0 Å². The maximum Gasteiger partial charge on any atom is 0.416 e. The quantitative estimate of drug-likeness (QED) is 0.761. The van der Waals surface area contributed by atoms with Crippen LogP contribution in [-0.4, -0.2) is 20.4 Å². The number of rotatable bonds is 2. The lowest BCUT2D eigenvalue weighted by molar-refractivity contribution is -0.137. The van der Waals surface area contributed by atoms with Gasteiger partial charge in [-0.05, 0) is 35.4 Å². The monoisotopic (exact) mass is 303 g/mol. The molecule has 2 aromatic heterocycles. The van der Waals surface area contributed by atoms with Crippen molar-refractivity contribution in [2.75, 3.05) is 0 Å². The predicted octanol–water partition coefficient (Wildman–Crippen LogP) is 3.36. The zero-order valence-corrected chi connectivity index (χ0v) is 10.9. The van der Waals surface area contributed by atoms with Gasteiger partial charge in [0, 0.05) is 18.0 Å². The largest absolute Gasteiger partial charge is 0.416 e. The fourth-order valence-corrected chi connectivity index (χ4v) is 2.11. The number of halogens is 3. The maximum absolute atomic E-state index is 13.1. The Hall–Kier alpha value is -3.08.